The third-order valence-electron chi connectivity index (χ3n) is 4.99. The number of nitrogens with zero attached hydrogens (tertiary/aromatic N) is 4. The molecule has 1 aliphatic heterocycles. The Kier molecular flexibility index (Phi) is 5.04. The topological polar surface area (TPSA) is 71.0 Å². The molecule has 0 unspecified atom stereocenters. The van der Waals surface area contributed by atoms with Gasteiger partial charge < -0.3 is 10.2 Å². The first-order valence-corrected chi connectivity index (χ1v) is 9.21. The molecule has 2 amide bonds. The van der Waals surface area contributed by atoms with Crippen LogP contribution < -0.4 is 5.32 Å². The second-order valence-electron chi connectivity index (χ2n) is 6.91. The van der Waals surface area contributed by atoms with E-state index in [1.165, 1.54) is 6.07 Å². The van der Waals surface area contributed by atoms with Crippen molar-refractivity contribution < 1.29 is 18.0 Å². The van der Waals surface area contributed by atoms with Crippen molar-refractivity contribution in [2.24, 2.45) is 0 Å². The fraction of sp³-hybridized carbons (Fsp3) is 0.300. The Morgan fingerprint density at radius 2 is 1.86 bits per heavy atom. The van der Waals surface area contributed by atoms with Crippen LogP contribution in [0.5, 0.6) is 0 Å². The zero-order valence-electron chi connectivity index (χ0n) is 15.4. The highest BCUT2D eigenvalue weighted by molar-refractivity contribution is 5.89. The number of likely N-dealkylation sites (tertiary alicyclic amines) is 1. The summed E-state index contributed by atoms with van der Waals surface area (Å²) >= 11 is 0. The van der Waals surface area contributed by atoms with Crippen LogP contribution in [0.1, 0.15) is 30.1 Å². The second-order valence-corrected chi connectivity index (χ2v) is 6.91. The van der Waals surface area contributed by atoms with Crippen molar-refractivity contribution in [2.75, 3.05) is 18.4 Å². The van der Waals surface area contributed by atoms with Gasteiger partial charge in [-0.1, -0.05) is 0 Å². The van der Waals surface area contributed by atoms with Crippen molar-refractivity contribution in [2.45, 2.75) is 24.9 Å². The Balaban J connectivity index is 1.35. The number of nitrogens with one attached hydrogen (secondary N) is 1. The van der Waals surface area contributed by atoms with E-state index in [0.717, 1.165) is 36.2 Å². The number of hydrogen-bond acceptors (Lipinski definition) is 4. The lowest BCUT2D eigenvalue weighted by molar-refractivity contribution is -0.141. The largest absolute Gasteiger partial charge is 0.433 e. The molecule has 1 fully saturated rings. The molecule has 0 radical (unpaired) electrons. The van der Waals surface area contributed by atoms with E-state index in [4.69, 9.17) is 0 Å². The number of carbonyl (C=O) groups is 1. The van der Waals surface area contributed by atoms with E-state index in [2.05, 4.69) is 20.3 Å². The predicted molar refractivity (Wildman–Crippen MR) is 101 cm³/mol. The zero-order chi connectivity index (χ0) is 20.4. The van der Waals surface area contributed by atoms with E-state index in [0.29, 0.717) is 18.7 Å². The number of alkyl halides is 3. The fourth-order valence-electron chi connectivity index (χ4n) is 3.41. The molecular weight excluding hydrogens is 383 g/mol. The number of urea groups is 1. The summed E-state index contributed by atoms with van der Waals surface area (Å²) in [5, 5.41) is 3.59. The molecule has 150 valence electrons. The smallest absolute Gasteiger partial charge is 0.324 e. The molecule has 0 aliphatic carbocycles. The van der Waals surface area contributed by atoms with E-state index >= 15 is 0 Å². The van der Waals surface area contributed by atoms with Gasteiger partial charge in [0.1, 0.15) is 5.69 Å². The third kappa shape index (κ3) is 4.28. The van der Waals surface area contributed by atoms with Gasteiger partial charge in [0.2, 0.25) is 0 Å². The van der Waals surface area contributed by atoms with Gasteiger partial charge in [-0.3, -0.25) is 0 Å². The quantitative estimate of drug-likeness (QED) is 0.689. The van der Waals surface area contributed by atoms with Crippen molar-refractivity contribution in [3.8, 4) is 0 Å². The molecule has 1 saturated heterocycles. The van der Waals surface area contributed by atoms with Gasteiger partial charge in [-0.15, -0.1) is 0 Å². The standard InChI is InChI=1S/C20H18F3N5O/c21-20(22,23)17-6-4-15(12-25-17)26-19(29)28-10-7-13(8-11-28)16-5-3-14-2-1-9-24-18(14)27-16/h1-6,9,12-13H,7-8,10-11H2,(H,26,29). The summed E-state index contributed by atoms with van der Waals surface area (Å²) in [6.07, 6.45) is -0.271. The Bertz CT molecular complexity index is 1010. The molecule has 9 heteroatoms. The maximum Gasteiger partial charge on any atom is 0.433 e. The normalized spacial score (nSPS) is 15.5. The number of fused-ring (bicyclic) bond motifs is 1. The first-order chi connectivity index (χ1) is 13.9. The summed E-state index contributed by atoms with van der Waals surface area (Å²) in [7, 11) is 0. The second kappa shape index (κ2) is 7.65. The molecule has 4 heterocycles. The summed E-state index contributed by atoms with van der Waals surface area (Å²) in [5.74, 6) is 0.234. The molecule has 1 aliphatic rings. The number of anilines is 1. The van der Waals surface area contributed by atoms with E-state index in [9.17, 15) is 18.0 Å². The minimum absolute atomic E-state index is 0.229. The minimum Gasteiger partial charge on any atom is -0.324 e. The molecule has 4 rings (SSSR count). The SMILES string of the molecule is O=C(Nc1ccc(C(F)(F)F)nc1)N1CCC(c2ccc3cccnc3n2)CC1. The fourth-order valence-corrected chi connectivity index (χ4v) is 3.41. The van der Waals surface area contributed by atoms with E-state index < -0.39 is 11.9 Å². The minimum atomic E-state index is -4.50. The average Bonchev–Trinajstić information content (AvgIpc) is 2.73. The Morgan fingerprint density at radius 1 is 1.07 bits per heavy atom. The molecule has 0 spiro atoms. The van der Waals surface area contributed by atoms with Gasteiger partial charge in [-0.2, -0.15) is 13.2 Å². The van der Waals surface area contributed by atoms with Gasteiger partial charge in [0.15, 0.2) is 5.65 Å². The van der Waals surface area contributed by atoms with Gasteiger partial charge in [0, 0.05) is 36.3 Å². The molecule has 1 N–H and O–H groups in total. The molecule has 6 nitrogen and oxygen atoms in total. The van der Waals surface area contributed by atoms with Crippen molar-refractivity contribution in [3.63, 3.8) is 0 Å². The van der Waals surface area contributed by atoms with Gasteiger partial charge in [-0.05, 0) is 49.2 Å². The lowest BCUT2D eigenvalue weighted by Gasteiger charge is -2.31. The maximum atomic E-state index is 12.6. The summed E-state index contributed by atoms with van der Waals surface area (Å²) in [6.45, 7) is 1.07. The molecule has 3 aromatic rings. The van der Waals surface area contributed by atoms with Crippen LogP contribution >= 0.6 is 0 Å². The van der Waals surface area contributed by atoms with Gasteiger partial charge in [0.25, 0.3) is 0 Å². The van der Waals surface area contributed by atoms with Crippen LogP contribution in [0, 0.1) is 0 Å². The van der Waals surface area contributed by atoms with Crippen molar-refractivity contribution in [3.05, 3.63) is 60.2 Å². The van der Waals surface area contributed by atoms with Crippen molar-refractivity contribution in [1.29, 1.82) is 0 Å². The Hall–Kier alpha value is -3.23. The van der Waals surface area contributed by atoms with E-state index in [-0.39, 0.29) is 17.6 Å². The number of halogens is 3. The molecule has 29 heavy (non-hydrogen) atoms. The van der Waals surface area contributed by atoms with Crippen LogP contribution in [0.4, 0.5) is 23.7 Å². The molecular formula is C20H18F3N5O. The first-order valence-electron chi connectivity index (χ1n) is 9.21. The van der Waals surface area contributed by atoms with Gasteiger partial charge in [0.05, 0.1) is 11.9 Å². The number of hydrogen-bond donors (Lipinski definition) is 1. The molecule has 3 aromatic heterocycles. The molecule has 0 bridgehead atoms. The molecule has 0 atom stereocenters. The summed E-state index contributed by atoms with van der Waals surface area (Å²) in [4.78, 5) is 26.3. The van der Waals surface area contributed by atoms with Crippen LogP contribution in [-0.2, 0) is 6.18 Å². The Labute approximate surface area is 164 Å². The summed E-state index contributed by atoms with van der Waals surface area (Å²) in [6, 6.07) is 9.53. The highest BCUT2D eigenvalue weighted by Gasteiger charge is 2.32. The maximum absolute atomic E-state index is 12.6. The predicted octanol–water partition coefficient (Wildman–Crippen LogP) is 4.46. The highest BCUT2D eigenvalue weighted by Crippen LogP contribution is 2.29. The van der Waals surface area contributed by atoms with E-state index in [1.807, 2.05) is 24.3 Å². The number of carbonyl (C=O) groups excluding carboxylic acids is 1. The number of aromatic nitrogens is 3. The first kappa shape index (κ1) is 19.1. The average molecular weight is 401 g/mol. The zero-order valence-corrected chi connectivity index (χ0v) is 15.4. The summed E-state index contributed by atoms with van der Waals surface area (Å²) in [5.41, 5.74) is 0.907. The van der Waals surface area contributed by atoms with Crippen LogP contribution in [0.25, 0.3) is 11.0 Å². The Morgan fingerprint density at radius 3 is 2.55 bits per heavy atom. The van der Waals surface area contributed by atoms with Crippen molar-refractivity contribution in [1.82, 2.24) is 19.9 Å². The number of rotatable bonds is 2. The number of amides is 2. The van der Waals surface area contributed by atoms with Gasteiger partial charge in [-0.25, -0.2) is 19.7 Å². The highest BCUT2D eigenvalue weighted by atomic mass is 19.4. The molecule has 0 saturated carbocycles. The molecule has 0 aromatic carbocycles. The van der Waals surface area contributed by atoms with Crippen LogP contribution in [-0.4, -0.2) is 39.0 Å². The third-order valence-corrected chi connectivity index (χ3v) is 4.99. The lowest BCUT2D eigenvalue weighted by Crippen LogP contribution is -2.40. The van der Waals surface area contributed by atoms with Gasteiger partial charge >= 0.3 is 12.2 Å². The summed E-state index contributed by atoms with van der Waals surface area (Å²) < 4.78 is 37.7. The number of pyridine rings is 3. The lowest BCUT2D eigenvalue weighted by atomic mass is 9.93. The monoisotopic (exact) mass is 401 g/mol. The van der Waals surface area contributed by atoms with Crippen LogP contribution in [0.2, 0.25) is 0 Å². The van der Waals surface area contributed by atoms with E-state index in [1.54, 1.807) is 11.1 Å². The van der Waals surface area contributed by atoms with Crippen LogP contribution in [0.3, 0.4) is 0 Å². The van der Waals surface area contributed by atoms with Crippen LogP contribution in [0.15, 0.2) is 48.8 Å². The number of piperidine rings is 1. The van der Waals surface area contributed by atoms with Crippen molar-refractivity contribution >= 4 is 22.8 Å².